The fourth-order valence-electron chi connectivity index (χ4n) is 2.53. The molecule has 0 fully saturated rings. The van der Waals surface area contributed by atoms with E-state index in [1.54, 1.807) is 55.5 Å². The molecule has 148 valence electrons. The number of nitrogens with one attached hydrogen (secondary N) is 3. The number of carbonyl (C=O) groups excluding carboxylic acids is 3. The van der Waals surface area contributed by atoms with Crippen LogP contribution in [-0.2, 0) is 9.59 Å². The normalized spacial score (nSPS) is 11.4. The van der Waals surface area contributed by atoms with Crippen LogP contribution < -0.4 is 16.0 Å². The first-order chi connectivity index (χ1) is 13.9. The molecule has 1 aromatic heterocycles. The summed E-state index contributed by atoms with van der Waals surface area (Å²) in [5.74, 6) is -0.687. The van der Waals surface area contributed by atoms with Crippen molar-refractivity contribution in [3.05, 3.63) is 66.7 Å². The molecule has 0 radical (unpaired) electrons. The maximum atomic E-state index is 12.3. The van der Waals surface area contributed by atoms with Gasteiger partial charge in [-0.25, -0.2) is 9.67 Å². The van der Waals surface area contributed by atoms with E-state index in [0.717, 1.165) is 0 Å². The Bertz CT molecular complexity index is 998. The summed E-state index contributed by atoms with van der Waals surface area (Å²) in [5.41, 5.74) is 2.26. The van der Waals surface area contributed by atoms with Crippen LogP contribution in [0.1, 0.15) is 30.2 Å². The standard InChI is InChI=1S/C20H20N6O3/c1-13(26-12-21-11-22-26)19(28)24-17-7-9-18(10-8-17)25-20(29)15-3-5-16(6-4-15)23-14(2)27/h3-13H,1-2H3,(H,23,27)(H,24,28)(H,25,29). The largest absolute Gasteiger partial charge is 0.326 e. The van der Waals surface area contributed by atoms with E-state index in [1.165, 1.54) is 24.3 Å². The van der Waals surface area contributed by atoms with E-state index >= 15 is 0 Å². The molecule has 3 N–H and O–H groups in total. The van der Waals surface area contributed by atoms with Gasteiger partial charge in [-0.3, -0.25) is 14.4 Å². The van der Waals surface area contributed by atoms with E-state index in [9.17, 15) is 14.4 Å². The molecule has 0 saturated heterocycles. The zero-order chi connectivity index (χ0) is 20.8. The zero-order valence-electron chi connectivity index (χ0n) is 15.9. The predicted octanol–water partition coefficient (Wildman–Crippen LogP) is 2.69. The van der Waals surface area contributed by atoms with E-state index in [-0.39, 0.29) is 17.7 Å². The van der Waals surface area contributed by atoms with E-state index in [4.69, 9.17) is 0 Å². The van der Waals surface area contributed by atoms with E-state index in [2.05, 4.69) is 26.0 Å². The fourth-order valence-corrected chi connectivity index (χ4v) is 2.53. The monoisotopic (exact) mass is 392 g/mol. The summed E-state index contributed by atoms with van der Waals surface area (Å²) in [6, 6.07) is 12.8. The van der Waals surface area contributed by atoms with Gasteiger partial charge >= 0.3 is 0 Å². The molecule has 3 amide bonds. The average Bonchev–Trinajstić information content (AvgIpc) is 3.23. The first-order valence-corrected chi connectivity index (χ1v) is 8.86. The highest BCUT2D eigenvalue weighted by Crippen LogP contribution is 2.17. The molecule has 3 aromatic rings. The highest BCUT2D eigenvalue weighted by atomic mass is 16.2. The van der Waals surface area contributed by atoms with Crippen LogP contribution in [0.2, 0.25) is 0 Å². The maximum Gasteiger partial charge on any atom is 0.255 e. The average molecular weight is 392 g/mol. The van der Waals surface area contributed by atoms with Gasteiger partial charge in [-0.1, -0.05) is 0 Å². The van der Waals surface area contributed by atoms with Crippen LogP contribution in [0.5, 0.6) is 0 Å². The minimum atomic E-state index is -0.502. The molecule has 9 nitrogen and oxygen atoms in total. The Morgan fingerprint density at radius 2 is 1.41 bits per heavy atom. The molecule has 0 aliphatic carbocycles. The van der Waals surface area contributed by atoms with Crippen molar-refractivity contribution in [2.75, 3.05) is 16.0 Å². The summed E-state index contributed by atoms with van der Waals surface area (Å²) in [4.78, 5) is 39.5. The molecule has 2 aromatic carbocycles. The zero-order valence-corrected chi connectivity index (χ0v) is 15.9. The van der Waals surface area contributed by atoms with Crippen LogP contribution >= 0.6 is 0 Å². The van der Waals surface area contributed by atoms with E-state index < -0.39 is 6.04 Å². The van der Waals surface area contributed by atoms with Crippen molar-refractivity contribution < 1.29 is 14.4 Å². The van der Waals surface area contributed by atoms with Crippen LogP contribution in [0.3, 0.4) is 0 Å². The van der Waals surface area contributed by atoms with Crippen molar-refractivity contribution in [3.8, 4) is 0 Å². The molecule has 1 unspecified atom stereocenters. The maximum absolute atomic E-state index is 12.3. The molecule has 29 heavy (non-hydrogen) atoms. The summed E-state index contributed by atoms with van der Waals surface area (Å²) >= 11 is 0. The van der Waals surface area contributed by atoms with Crippen LogP contribution in [0.25, 0.3) is 0 Å². The molecule has 0 spiro atoms. The molecule has 0 bridgehead atoms. The lowest BCUT2D eigenvalue weighted by Crippen LogP contribution is -2.24. The van der Waals surface area contributed by atoms with Crippen LogP contribution in [-0.4, -0.2) is 32.5 Å². The first kappa shape index (κ1) is 19.7. The summed E-state index contributed by atoms with van der Waals surface area (Å²) in [6.45, 7) is 3.14. The summed E-state index contributed by atoms with van der Waals surface area (Å²) in [5, 5.41) is 12.2. The molecule has 1 atom stereocenters. The van der Waals surface area contributed by atoms with Crippen LogP contribution in [0, 0.1) is 0 Å². The Balaban J connectivity index is 1.58. The van der Waals surface area contributed by atoms with Gasteiger partial charge < -0.3 is 16.0 Å². The first-order valence-electron chi connectivity index (χ1n) is 8.86. The summed E-state index contributed by atoms with van der Waals surface area (Å²) in [6.07, 6.45) is 2.85. The second-order valence-corrected chi connectivity index (χ2v) is 6.33. The lowest BCUT2D eigenvalue weighted by atomic mass is 10.2. The highest BCUT2D eigenvalue weighted by Gasteiger charge is 2.15. The Morgan fingerprint density at radius 1 is 0.862 bits per heavy atom. The van der Waals surface area contributed by atoms with Gasteiger partial charge in [0.25, 0.3) is 5.91 Å². The van der Waals surface area contributed by atoms with Crippen molar-refractivity contribution in [1.29, 1.82) is 0 Å². The number of benzene rings is 2. The third-order valence-electron chi connectivity index (χ3n) is 4.09. The number of aromatic nitrogens is 3. The van der Waals surface area contributed by atoms with Crippen LogP contribution in [0.15, 0.2) is 61.2 Å². The number of nitrogens with zero attached hydrogens (tertiary/aromatic N) is 3. The number of hydrogen-bond acceptors (Lipinski definition) is 5. The topological polar surface area (TPSA) is 118 Å². The number of anilines is 3. The van der Waals surface area contributed by atoms with E-state index in [0.29, 0.717) is 22.6 Å². The molecular formula is C20H20N6O3. The van der Waals surface area contributed by atoms with Crippen molar-refractivity contribution in [1.82, 2.24) is 14.8 Å². The third kappa shape index (κ3) is 5.25. The minimum absolute atomic E-state index is 0.176. The van der Waals surface area contributed by atoms with Crippen molar-refractivity contribution >= 4 is 34.8 Å². The summed E-state index contributed by atoms with van der Waals surface area (Å²) < 4.78 is 1.46. The molecule has 0 aliphatic rings. The van der Waals surface area contributed by atoms with Gasteiger partial charge in [0.15, 0.2) is 0 Å². The van der Waals surface area contributed by atoms with Crippen LogP contribution in [0.4, 0.5) is 17.1 Å². The molecule has 0 saturated carbocycles. The minimum Gasteiger partial charge on any atom is -0.326 e. The van der Waals surface area contributed by atoms with Crippen molar-refractivity contribution in [2.45, 2.75) is 19.9 Å². The molecule has 1 heterocycles. The second kappa shape index (κ2) is 8.79. The molecule has 9 heteroatoms. The summed E-state index contributed by atoms with van der Waals surface area (Å²) in [7, 11) is 0. The molecule has 3 rings (SSSR count). The van der Waals surface area contributed by atoms with Gasteiger partial charge in [0, 0.05) is 29.5 Å². The van der Waals surface area contributed by atoms with Crippen molar-refractivity contribution in [3.63, 3.8) is 0 Å². The van der Waals surface area contributed by atoms with Gasteiger partial charge in [-0.2, -0.15) is 5.10 Å². The smallest absolute Gasteiger partial charge is 0.255 e. The van der Waals surface area contributed by atoms with Gasteiger partial charge in [0.1, 0.15) is 18.7 Å². The van der Waals surface area contributed by atoms with Gasteiger partial charge in [0.2, 0.25) is 11.8 Å². The van der Waals surface area contributed by atoms with Gasteiger partial charge in [-0.15, -0.1) is 0 Å². The quantitative estimate of drug-likeness (QED) is 0.596. The Hall–Kier alpha value is -4.01. The number of carbonyl (C=O) groups is 3. The molecule has 0 aliphatic heterocycles. The van der Waals surface area contributed by atoms with E-state index in [1.807, 2.05) is 0 Å². The Kier molecular flexibility index (Phi) is 5.98. The lowest BCUT2D eigenvalue weighted by Gasteiger charge is -2.12. The number of amides is 3. The van der Waals surface area contributed by atoms with Gasteiger partial charge in [-0.05, 0) is 55.5 Å². The predicted molar refractivity (Wildman–Crippen MR) is 109 cm³/mol. The third-order valence-corrected chi connectivity index (χ3v) is 4.09. The Labute approximate surface area is 167 Å². The van der Waals surface area contributed by atoms with Crippen molar-refractivity contribution in [2.24, 2.45) is 0 Å². The highest BCUT2D eigenvalue weighted by molar-refractivity contribution is 6.04. The Morgan fingerprint density at radius 3 is 1.97 bits per heavy atom. The second-order valence-electron chi connectivity index (χ2n) is 6.33. The molecular weight excluding hydrogens is 372 g/mol. The number of hydrogen-bond donors (Lipinski definition) is 3. The fraction of sp³-hybridized carbons (Fsp3) is 0.150. The number of rotatable bonds is 6. The van der Waals surface area contributed by atoms with Gasteiger partial charge in [0.05, 0.1) is 0 Å². The lowest BCUT2D eigenvalue weighted by molar-refractivity contribution is -0.119. The SMILES string of the molecule is CC(=O)Nc1ccc(C(=O)Nc2ccc(NC(=O)C(C)n3cncn3)cc2)cc1.